The van der Waals surface area contributed by atoms with E-state index in [1.807, 2.05) is 19.9 Å². The molecule has 110 valence electrons. The Labute approximate surface area is 134 Å². The second-order valence-electron chi connectivity index (χ2n) is 4.94. The van der Waals surface area contributed by atoms with Gasteiger partial charge in [0.2, 0.25) is 0 Å². The predicted octanol–water partition coefficient (Wildman–Crippen LogP) is 5.04. The number of halogens is 2. The van der Waals surface area contributed by atoms with Gasteiger partial charge in [0.25, 0.3) is 0 Å². The first-order chi connectivity index (χ1) is 9.93. The quantitative estimate of drug-likeness (QED) is 0.737. The second kappa shape index (κ2) is 6.50. The summed E-state index contributed by atoms with van der Waals surface area (Å²) >= 11 is 11.9. The largest absolute Gasteiger partial charge is 0.496 e. The van der Waals surface area contributed by atoms with Crippen LogP contribution >= 0.6 is 23.2 Å². The molecule has 0 spiro atoms. The summed E-state index contributed by atoms with van der Waals surface area (Å²) in [5.41, 5.74) is 3.50. The Morgan fingerprint density at radius 1 is 1.10 bits per heavy atom. The van der Waals surface area contributed by atoms with Crippen LogP contribution in [0, 0.1) is 13.8 Å². The molecule has 0 unspecified atom stereocenters. The van der Waals surface area contributed by atoms with Gasteiger partial charge in [0.1, 0.15) is 5.75 Å². The van der Waals surface area contributed by atoms with Gasteiger partial charge in [-0.3, -0.25) is 4.79 Å². The van der Waals surface area contributed by atoms with Crippen LogP contribution in [0.3, 0.4) is 0 Å². The highest BCUT2D eigenvalue weighted by Crippen LogP contribution is 2.28. The van der Waals surface area contributed by atoms with E-state index in [1.54, 1.807) is 31.4 Å². The molecule has 0 N–H and O–H groups in total. The lowest BCUT2D eigenvalue weighted by molar-refractivity contribution is 0.0990. The molecule has 0 radical (unpaired) electrons. The molecule has 0 amide bonds. The minimum Gasteiger partial charge on any atom is -0.496 e. The molecule has 0 saturated heterocycles. The number of carbonyl (C=O) groups is 1. The third kappa shape index (κ3) is 3.39. The van der Waals surface area contributed by atoms with E-state index in [-0.39, 0.29) is 12.2 Å². The molecule has 2 nitrogen and oxygen atoms in total. The van der Waals surface area contributed by atoms with Crippen LogP contribution in [0.4, 0.5) is 0 Å². The Hall–Kier alpha value is -1.51. The summed E-state index contributed by atoms with van der Waals surface area (Å²) in [5.74, 6) is 0.633. The van der Waals surface area contributed by atoms with Crippen molar-refractivity contribution in [3.63, 3.8) is 0 Å². The monoisotopic (exact) mass is 322 g/mol. The summed E-state index contributed by atoms with van der Waals surface area (Å²) in [5, 5.41) is 0.936. The van der Waals surface area contributed by atoms with Crippen molar-refractivity contribution in [1.82, 2.24) is 0 Å². The zero-order chi connectivity index (χ0) is 15.6. The predicted molar refractivity (Wildman–Crippen MR) is 87.0 cm³/mol. The maximum Gasteiger partial charge on any atom is 0.170 e. The Kier molecular flexibility index (Phi) is 4.92. The number of ketones is 1. The Balaban J connectivity index is 2.32. The molecule has 2 aromatic carbocycles. The number of benzene rings is 2. The summed E-state index contributed by atoms with van der Waals surface area (Å²) < 4.78 is 5.39. The van der Waals surface area contributed by atoms with Gasteiger partial charge in [0.15, 0.2) is 5.78 Å². The fourth-order valence-electron chi connectivity index (χ4n) is 2.20. The zero-order valence-corrected chi connectivity index (χ0v) is 13.7. The number of rotatable bonds is 4. The third-order valence-electron chi connectivity index (χ3n) is 3.53. The van der Waals surface area contributed by atoms with Crippen LogP contribution in [0.5, 0.6) is 5.75 Å². The number of Topliss-reactive ketones (excluding diaryl/α,β-unsaturated/α-hetero) is 1. The number of hydrogen-bond donors (Lipinski definition) is 0. The van der Waals surface area contributed by atoms with Gasteiger partial charge in [-0.25, -0.2) is 0 Å². The summed E-state index contributed by atoms with van der Waals surface area (Å²) in [6.45, 7) is 3.94. The molecule has 0 aliphatic heterocycles. The zero-order valence-electron chi connectivity index (χ0n) is 12.2. The molecule has 2 rings (SSSR count). The lowest BCUT2D eigenvalue weighted by atomic mass is 9.98. The van der Waals surface area contributed by atoms with Gasteiger partial charge in [-0.1, -0.05) is 35.3 Å². The summed E-state index contributed by atoms with van der Waals surface area (Å²) in [6.07, 6.45) is 0.260. The van der Waals surface area contributed by atoms with Gasteiger partial charge >= 0.3 is 0 Å². The summed E-state index contributed by atoms with van der Waals surface area (Å²) in [6, 6.07) is 8.96. The van der Waals surface area contributed by atoms with Crippen LogP contribution in [0.1, 0.15) is 27.0 Å². The Morgan fingerprint density at radius 2 is 1.81 bits per heavy atom. The van der Waals surface area contributed by atoms with E-state index in [2.05, 4.69) is 0 Å². The number of ether oxygens (including phenoxy) is 1. The van der Waals surface area contributed by atoms with Crippen LogP contribution < -0.4 is 4.74 Å². The first-order valence-electron chi connectivity index (χ1n) is 6.55. The molecule has 0 aliphatic carbocycles. The highest BCUT2D eigenvalue weighted by atomic mass is 35.5. The number of hydrogen-bond acceptors (Lipinski definition) is 2. The summed E-state index contributed by atoms with van der Waals surface area (Å²) in [4.78, 5) is 12.5. The van der Waals surface area contributed by atoms with Crippen LogP contribution in [-0.2, 0) is 6.42 Å². The van der Waals surface area contributed by atoms with E-state index in [4.69, 9.17) is 27.9 Å². The molecular weight excluding hydrogens is 307 g/mol. The molecule has 0 aromatic heterocycles. The third-order valence-corrected chi connectivity index (χ3v) is 4.27. The number of methoxy groups -OCH3 is 1. The molecule has 0 atom stereocenters. The van der Waals surface area contributed by atoms with Gasteiger partial charge in [0, 0.05) is 6.42 Å². The van der Waals surface area contributed by atoms with E-state index < -0.39 is 0 Å². The highest BCUT2D eigenvalue weighted by molar-refractivity contribution is 6.42. The van der Waals surface area contributed by atoms with E-state index in [0.717, 1.165) is 16.7 Å². The van der Waals surface area contributed by atoms with Gasteiger partial charge in [-0.2, -0.15) is 0 Å². The van der Waals surface area contributed by atoms with E-state index >= 15 is 0 Å². The van der Waals surface area contributed by atoms with Gasteiger partial charge in [-0.05, 0) is 48.7 Å². The lowest BCUT2D eigenvalue weighted by Gasteiger charge is -2.13. The second-order valence-corrected chi connectivity index (χ2v) is 5.75. The van der Waals surface area contributed by atoms with Crippen LogP contribution in [0.15, 0.2) is 30.3 Å². The number of aryl methyl sites for hydroxylation is 1. The van der Waals surface area contributed by atoms with Gasteiger partial charge in [-0.15, -0.1) is 0 Å². The Morgan fingerprint density at radius 3 is 2.43 bits per heavy atom. The molecule has 0 bridgehead atoms. The molecule has 4 heteroatoms. The van der Waals surface area contributed by atoms with Crippen molar-refractivity contribution in [2.45, 2.75) is 20.3 Å². The van der Waals surface area contributed by atoms with E-state index in [9.17, 15) is 4.79 Å². The van der Waals surface area contributed by atoms with Crippen LogP contribution in [-0.4, -0.2) is 12.9 Å². The lowest BCUT2D eigenvalue weighted by Crippen LogP contribution is -2.07. The molecule has 0 fully saturated rings. The van der Waals surface area contributed by atoms with Crippen molar-refractivity contribution < 1.29 is 9.53 Å². The molecule has 0 saturated carbocycles. The van der Waals surface area contributed by atoms with Crippen molar-refractivity contribution >= 4 is 29.0 Å². The SMILES string of the molecule is COc1c(C(=O)Cc2ccc(Cl)c(Cl)c2)ccc(C)c1C. The molecule has 2 aromatic rings. The van der Waals surface area contributed by atoms with Gasteiger partial charge < -0.3 is 4.74 Å². The molecular formula is C17H16Cl2O2. The average Bonchev–Trinajstić information content (AvgIpc) is 2.45. The molecule has 0 heterocycles. The maximum atomic E-state index is 12.5. The first-order valence-corrected chi connectivity index (χ1v) is 7.31. The minimum absolute atomic E-state index is 0.00617. The van der Waals surface area contributed by atoms with Crippen LogP contribution in [0.2, 0.25) is 10.0 Å². The minimum atomic E-state index is -0.00617. The molecule has 0 aliphatic rings. The fraction of sp³-hybridized carbons (Fsp3) is 0.235. The normalized spacial score (nSPS) is 10.5. The average molecular weight is 323 g/mol. The van der Waals surface area contributed by atoms with Gasteiger partial charge in [0.05, 0.1) is 22.7 Å². The standard InChI is InChI=1S/C17H16Cl2O2/c1-10-4-6-13(17(21-3)11(10)2)16(20)9-12-5-7-14(18)15(19)8-12/h4-8H,9H2,1-3H3. The molecule has 21 heavy (non-hydrogen) atoms. The summed E-state index contributed by atoms with van der Waals surface area (Å²) in [7, 11) is 1.58. The van der Waals surface area contributed by atoms with Crippen molar-refractivity contribution in [2.75, 3.05) is 7.11 Å². The van der Waals surface area contributed by atoms with E-state index in [0.29, 0.717) is 21.4 Å². The van der Waals surface area contributed by atoms with Crippen molar-refractivity contribution in [3.05, 3.63) is 62.6 Å². The van der Waals surface area contributed by atoms with E-state index in [1.165, 1.54) is 0 Å². The fourth-order valence-corrected chi connectivity index (χ4v) is 2.52. The first kappa shape index (κ1) is 15.9. The van der Waals surface area contributed by atoms with Crippen molar-refractivity contribution in [1.29, 1.82) is 0 Å². The Bertz CT molecular complexity index is 693. The number of carbonyl (C=O) groups excluding carboxylic acids is 1. The van der Waals surface area contributed by atoms with Crippen LogP contribution in [0.25, 0.3) is 0 Å². The topological polar surface area (TPSA) is 26.3 Å². The highest BCUT2D eigenvalue weighted by Gasteiger charge is 2.16. The maximum absolute atomic E-state index is 12.5. The van der Waals surface area contributed by atoms with Crippen molar-refractivity contribution in [3.8, 4) is 5.75 Å². The van der Waals surface area contributed by atoms with Crippen molar-refractivity contribution in [2.24, 2.45) is 0 Å². The smallest absolute Gasteiger partial charge is 0.170 e.